The summed E-state index contributed by atoms with van der Waals surface area (Å²) in [6.07, 6.45) is 4.09. The molecule has 1 N–H and O–H groups in total. The number of ether oxygens (including phenoxy) is 2. The maximum Gasteiger partial charge on any atom is 0.286 e. The number of thioether (sulfide) groups is 1. The van der Waals surface area contributed by atoms with Crippen LogP contribution in [0.5, 0.6) is 11.5 Å². The van der Waals surface area contributed by atoms with E-state index in [-0.39, 0.29) is 11.1 Å². The summed E-state index contributed by atoms with van der Waals surface area (Å²) in [5, 5.41) is 2.82. The molecule has 154 valence electrons. The van der Waals surface area contributed by atoms with Gasteiger partial charge in [0.2, 0.25) is 5.91 Å². The number of nitrogens with one attached hydrogen (secondary N) is 1. The van der Waals surface area contributed by atoms with E-state index in [2.05, 4.69) is 16.9 Å². The van der Waals surface area contributed by atoms with Crippen LogP contribution in [0, 0.1) is 0 Å². The summed E-state index contributed by atoms with van der Waals surface area (Å²) >= 11 is 1.12. The minimum Gasteiger partial charge on any atom is -0.493 e. The third-order valence-corrected chi connectivity index (χ3v) is 5.06. The Morgan fingerprint density at radius 2 is 2.03 bits per heavy atom. The van der Waals surface area contributed by atoms with Crippen LogP contribution in [0.25, 0.3) is 6.08 Å². The minimum atomic E-state index is -0.391. The largest absolute Gasteiger partial charge is 0.493 e. The number of nitrogens with zero attached hydrogens (tertiary/aromatic N) is 1. The van der Waals surface area contributed by atoms with Gasteiger partial charge in [-0.2, -0.15) is 4.99 Å². The molecular formula is C23H22N2O4S. The van der Waals surface area contributed by atoms with Crippen molar-refractivity contribution in [2.24, 2.45) is 4.99 Å². The lowest BCUT2D eigenvalue weighted by Crippen LogP contribution is -2.23. The van der Waals surface area contributed by atoms with Crippen LogP contribution in [-0.2, 0) is 22.6 Å². The average Bonchev–Trinajstić information content (AvgIpc) is 3.05. The van der Waals surface area contributed by atoms with Gasteiger partial charge in [-0.15, -0.1) is 6.58 Å². The zero-order chi connectivity index (χ0) is 21.5. The van der Waals surface area contributed by atoms with Crippen LogP contribution in [-0.4, -0.2) is 24.1 Å². The fraction of sp³-hybridized carbons (Fsp3) is 0.174. The SMILES string of the molecule is C=CCc1cc(/C=C2/SC(NC(C)=O)=NC2=O)cc(OC)c1OCc1ccccc1. The zero-order valence-corrected chi connectivity index (χ0v) is 17.6. The molecule has 1 heterocycles. The first-order chi connectivity index (χ1) is 14.5. The number of allylic oxidation sites excluding steroid dienone is 1. The smallest absolute Gasteiger partial charge is 0.286 e. The van der Waals surface area contributed by atoms with Crippen molar-refractivity contribution in [1.29, 1.82) is 0 Å². The number of rotatable bonds is 7. The highest BCUT2D eigenvalue weighted by atomic mass is 32.2. The molecule has 0 aromatic heterocycles. The zero-order valence-electron chi connectivity index (χ0n) is 16.8. The fourth-order valence-electron chi connectivity index (χ4n) is 2.88. The quantitative estimate of drug-likeness (QED) is 0.537. The van der Waals surface area contributed by atoms with Crippen LogP contribution in [0.15, 0.2) is 65.0 Å². The number of hydrogen-bond donors (Lipinski definition) is 1. The number of hydrogen-bond acceptors (Lipinski definition) is 5. The minimum absolute atomic E-state index is 0.273. The molecule has 7 heteroatoms. The molecule has 0 spiro atoms. The Hall–Kier alpha value is -3.32. The summed E-state index contributed by atoms with van der Waals surface area (Å²) in [5.74, 6) is 0.544. The molecule has 0 saturated heterocycles. The third-order valence-electron chi connectivity index (χ3n) is 4.17. The van der Waals surface area contributed by atoms with E-state index < -0.39 is 5.91 Å². The lowest BCUT2D eigenvalue weighted by Gasteiger charge is -2.16. The summed E-state index contributed by atoms with van der Waals surface area (Å²) in [7, 11) is 1.58. The summed E-state index contributed by atoms with van der Waals surface area (Å²) in [4.78, 5) is 27.6. The number of amidine groups is 1. The highest BCUT2D eigenvalue weighted by Gasteiger charge is 2.23. The Morgan fingerprint density at radius 3 is 2.70 bits per heavy atom. The summed E-state index contributed by atoms with van der Waals surface area (Å²) < 4.78 is 11.6. The first kappa shape index (κ1) is 21.4. The Morgan fingerprint density at radius 1 is 1.27 bits per heavy atom. The van der Waals surface area contributed by atoms with E-state index in [1.54, 1.807) is 19.3 Å². The summed E-state index contributed by atoms with van der Waals surface area (Å²) in [5.41, 5.74) is 2.71. The van der Waals surface area contributed by atoms with Crippen molar-refractivity contribution in [2.45, 2.75) is 20.0 Å². The topological polar surface area (TPSA) is 77.0 Å². The first-order valence-electron chi connectivity index (χ1n) is 9.29. The van der Waals surface area contributed by atoms with Gasteiger partial charge in [0.05, 0.1) is 12.0 Å². The van der Waals surface area contributed by atoms with Crippen molar-refractivity contribution < 1.29 is 19.1 Å². The Balaban J connectivity index is 1.88. The van der Waals surface area contributed by atoms with Gasteiger partial charge in [-0.25, -0.2) is 0 Å². The Labute approximate surface area is 179 Å². The second-order valence-electron chi connectivity index (χ2n) is 6.49. The average molecular weight is 423 g/mol. The fourth-order valence-corrected chi connectivity index (χ4v) is 3.74. The summed E-state index contributed by atoms with van der Waals surface area (Å²) in [6, 6.07) is 13.6. The van der Waals surface area contributed by atoms with Gasteiger partial charge in [-0.1, -0.05) is 36.4 Å². The molecule has 0 fully saturated rings. The maximum atomic E-state index is 12.2. The predicted octanol–water partition coefficient (Wildman–Crippen LogP) is 4.11. The van der Waals surface area contributed by atoms with Gasteiger partial charge in [0.25, 0.3) is 5.91 Å². The number of amides is 2. The third kappa shape index (κ3) is 5.39. The van der Waals surface area contributed by atoms with Gasteiger partial charge < -0.3 is 14.8 Å². The van der Waals surface area contributed by atoms with Gasteiger partial charge in [-0.05, 0) is 47.5 Å². The summed E-state index contributed by atoms with van der Waals surface area (Å²) in [6.45, 7) is 5.60. The van der Waals surface area contributed by atoms with E-state index in [1.165, 1.54) is 6.92 Å². The van der Waals surface area contributed by atoms with E-state index in [1.807, 2.05) is 42.5 Å². The van der Waals surface area contributed by atoms with Crippen molar-refractivity contribution >= 4 is 34.8 Å². The highest BCUT2D eigenvalue weighted by molar-refractivity contribution is 8.18. The van der Waals surface area contributed by atoms with Crippen LogP contribution in [0.3, 0.4) is 0 Å². The van der Waals surface area contributed by atoms with Gasteiger partial charge in [0, 0.05) is 12.5 Å². The second kappa shape index (κ2) is 9.93. The van der Waals surface area contributed by atoms with Crippen molar-refractivity contribution in [2.75, 3.05) is 7.11 Å². The molecule has 2 aromatic carbocycles. The number of aliphatic imine (C=N–C) groups is 1. The van der Waals surface area contributed by atoms with Crippen LogP contribution in [0.1, 0.15) is 23.6 Å². The van der Waals surface area contributed by atoms with Gasteiger partial charge in [0.15, 0.2) is 16.7 Å². The molecule has 3 rings (SSSR count). The Bertz CT molecular complexity index is 1030. The molecule has 0 bridgehead atoms. The first-order valence-corrected chi connectivity index (χ1v) is 10.1. The highest BCUT2D eigenvalue weighted by Crippen LogP contribution is 2.36. The van der Waals surface area contributed by atoms with Crippen LogP contribution >= 0.6 is 11.8 Å². The Kier molecular flexibility index (Phi) is 7.08. The lowest BCUT2D eigenvalue weighted by atomic mass is 10.0. The van der Waals surface area contributed by atoms with E-state index in [0.717, 1.165) is 28.5 Å². The van der Waals surface area contributed by atoms with E-state index in [9.17, 15) is 9.59 Å². The monoisotopic (exact) mass is 422 g/mol. The van der Waals surface area contributed by atoms with Gasteiger partial charge in [-0.3, -0.25) is 9.59 Å². The standard InChI is InChI=1S/C23H22N2O4S/c1-4-8-18-11-17(13-20-22(27)25-23(30-20)24-15(2)26)12-19(28-3)21(18)29-14-16-9-6-5-7-10-16/h4-7,9-13H,1,8,14H2,2-3H3,(H,24,25,26,27)/b20-13+. The van der Waals surface area contributed by atoms with Crippen molar-refractivity contribution in [3.05, 3.63) is 76.7 Å². The van der Waals surface area contributed by atoms with Gasteiger partial charge in [0.1, 0.15) is 6.61 Å². The molecule has 0 unspecified atom stereocenters. The number of carbonyl (C=O) groups excluding carboxylic acids is 2. The van der Waals surface area contributed by atoms with E-state index in [0.29, 0.717) is 29.4 Å². The number of benzene rings is 2. The molecule has 0 saturated carbocycles. The molecule has 2 aromatic rings. The molecule has 1 aliphatic heterocycles. The second-order valence-corrected chi connectivity index (χ2v) is 7.52. The number of methoxy groups -OCH3 is 1. The number of carbonyl (C=O) groups is 2. The lowest BCUT2D eigenvalue weighted by molar-refractivity contribution is -0.117. The normalized spacial score (nSPS) is 14.4. The van der Waals surface area contributed by atoms with Gasteiger partial charge >= 0.3 is 0 Å². The maximum absolute atomic E-state index is 12.2. The van der Waals surface area contributed by atoms with Crippen molar-refractivity contribution in [3.63, 3.8) is 0 Å². The predicted molar refractivity (Wildman–Crippen MR) is 119 cm³/mol. The molecule has 1 aliphatic rings. The molecule has 0 atom stereocenters. The van der Waals surface area contributed by atoms with Crippen LogP contribution < -0.4 is 14.8 Å². The molecule has 30 heavy (non-hydrogen) atoms. The van der Waals surface area contributed by atoms with E-state index in [4.69, 9.17) is 9.47 Å². The van der Waals surface area contributed by atoms with Crippen LogP contribution in [0.4, 0.5) is 0 Å². The van der Waals surface area contributed by atoms with Crippen LogP contribution in [0.2, 0.25) is 0 Å². The molecule has 0 aliphatic carbocycles. The van der Waals surface area contributed by atoms with Crippen molar-refractivity contribution in [1.82, 2.24) is 5.32 Å². The molecule has 2 amide bonds. The molecule has 0 radical (unpaired) electrons. The molecular weight excluding hydrogens is 400 g/mol. The molecule has 6 nitrogen and oxygen atoms in total. The van der Waals surface area contributed by atoms with E-state index >= 15 is 0 Å². The van der Waals surface area contributed by atoms with Crippen molar-refractivity contribution in [3.8, 4) is 11.5 Å².